The molecule has 0 saturated carbocycles. The average molecular weight is 425 g/mol. The third kappa shape index (κ3) is 4.57. The first-order valence-corrected chi connectivity index (χ1v) is 9.22. The van der Waals surface area contributed by atoms with E-state index < -0.39 is 38.1 Å². The smallest absolute Gasteiger partial charge is 0.326 e. The summed E-state index contributed by atoms with van der Waals surface area (Å²) in [7, 11) is -2.20. The Hall–Kier alpha value is -3.74. The molecule has 13 heteroatoms. The third-order valence-electron chi connectivity index (χ3n) is 3.78. The topological polar surface area (TPSA) is 159 Å². The molecule has 2 aromatic carbocycles. The van der Waals surface area contributed by atoms with Gasteiger partial charge in [0, 0.05) is 24.3 Å². The molecule has 0 aromatic heterocycles. The monoisotopic (exact) mass is 425 g/mol. The lowest BCUT2D eigenvalue weighted by Gasteiger charge is -2.24. The SMILES string of the molecule is COC(=O)CN(c1cc([N+](=O)[O-])ccc1OC)S(=O)(=O)c1ccc([N+](=O)[O-])cc1. The number of anilines is 1. The van der Waals surface area contributed by atoms with Gasteiger partial charge in [0.1, 0.15) is 18.0 Å². The molecule has 0 aliphatic rings. The number of nitro benzene ring substituents is 2. The number of carbonyl (C=O) groups is 1. The van der Waals surface area contributed by atoms with Crippen molar-refractivity contribution in [3.8, 4) is 5.75 Å². The first-order valence-electron chi connectivity index (χ1n) is 7.78. The van der Waals surface area contributed by atoms with Crippen LogP contribution in [0.1, 0.15) is 0 Å². The van der Waals surface area contributed by atoms with Crippen LogP contribution in [0.4, 0.5) is 17.1 Å². The van der Waals surface area contributed by atoms with E-state index in [0.29, 0.717) is 4.31 Å². The van der Waals surface area contributed by atoms with Crippen LogP contribution >= 0.6 is 0 Å². The van der Waals surface area contributed by atoms with E-state index in [1.165, 1.54) is 13.2 Å². The summed E-state index contributed by atoms with van der Waals surface area (Å²) in [5, 5.41) is 21.9. The third-order valence-corrected chi connectivity index (χ3v) is 5.55. The first kappa shape index (κ1) is 21.6. The maximum Gasteiger partial charge on any atom is 0.326 e. The maximum absolute atomic E-state index is 13.1. The quantitative estimate of drug-likeness (QED) is 0.349. The van der Waals surface area contributed by atoms with E-state index in [-0.39, 0.29) is 22.0 Å². The number of sulfonamides is 1. The van der Waals surface area contributed by atoms with E-state index in [4.69, 9.17) is 4.74 Å². The highest BCUT2D eigenvalue weighted by Crippen LogP contribution is 2.35. The zero-order valence-electron chi connectivity index (χ0n) is 15.2. The van der Waals surface area contributed by atoms with Crippen molar-refractivity contribution in [2.45, 2.75) is 4.90 Å². The second-order valence-electron chi connectivity index (χ2n) is 5.45. The minimum absolute atomic E-state index is 0.0509. The Morgan fingerprint density at radius 2 is 1.55 bits per heavy atom. The number of methoxy groups -OCH3 is 2. The summed E-state index contributed by atoms with van der Waals surface area (Å²) in [6, 6.07) is 7.16. The molecule has 0 heterocycles. The molecule has 0 fully saturated rings. The van der Waals surface area contributed by atoms with Crippen LogP contribution in [0.5, 0.6) is 5.75 Å². The van der Waals surface area contributed by atoms with Gasteiger partial charge >= 0.3 is 5.97 Å². The van der Waals surface area contributed by atoms with Gasteiger partial charge in [-0.15, -0.1) is 0 Å². The molecule has 154 valence electrons. The van der Waals surface area contributed by atoms with Crippen molar-refractivity contribution < 1.29 is 32.5 Å². The number of carbonyl (C=O) groups excluding carboxylic acids is 1. The number of nitrogens with zero attached hydrogens (tertiary/aromatic N) is 3. The molecule has 0 bridgehead atoms. The molecule has 2 aromatic rings. The van der Waals surface area contributed by atoms with Crippen LogP contribution in [-0.2, 0) is 19.6 Å². The first-order chi connectivity index (χ1) is 13.6. The van der Waals surface area contributed by atoms with Crippen LogP contribution in [0.15, 0.2) is 47.4 Å². The Labute approximate surface area is 164 Å². The summed E-state index contributed by atoms with van der Waals surface area (Å²) in [6.45, 7) is -0.812. The van der Waals surface area contributed by atoms with Gasteiger partial charge in [0.15, 0.2) is 0 Å². The van der Waals surface area contributed by atoms with Crippen LogP contribution in [0.3, 0.4) is 0 Å². The van der Waals surface area contributed by atoms with Gasteiger partial charge in [-0.25, -0.2) is 8.42 Å². The van der Waals surface area contributed by atoms with Crippen molar-refractivity contribution in [2.75, 3.05) is 25.1 Å². The van der Waals surface area contributed by atoms with Crippen molar-refractivity contribution in [3.63, 3.8) is 0 Å². The molecular formula is C16H15N3O9S. The van der Waals surface area contributed by atoms with E-state index in [2.05, 4.69) is 4.74 Å². The van der Waals surface area contributed by atoms with Crippen LogP contribution in [0, 0.1) is 20.2 Å². The predicted octanol–water partition coefficient (Wildman–Crippen LogP) is 1.88. The molecule has 29 heavy (non-hydrogen) atoms. The Bertz CT molecular complexity index is 1050. The van der Waals surface area contributed by atoms with Gasteiger partial charge in [0.05, 0.1) is 29.0 Å². The second-order valence-corrected chi connectivity index (χ2v) is 7.31. The van der Waals surface area contributed by atoms with Gasteiger partial charge in [-0.3, -0.25) is 29.3 Å². The highest BCUT2D eigenvalue weighted by molar-refractivity contribution is 7.92. The van der Waals surface area contributed by atoms with Crippen molar-refractivity contribution in [3.05, 3.63) is 62.7 Å². The fraction of sp³-hybridized carbons (Fsp3) is 0.188. The molecule has 0 N–H and O–H groups in total. The lowest BCUT2D eigenvalue weighted by molar-refractivity contribution is -0.385. The summed E-state index contributed by atoms with van der Waals surface area (Å²) >= 11 is 0. The van der Waals surface area contributed by atoms with Crippen molar-refractivity contribution in [1.29, 1.82) is 0 Å². The minimum atomic E-state index is -4.47. The molecular weight excluding hydrogens is 410 g/mol. The zero-order valence-corrected chi connectivity index (χ0v) is 16.0. The number of esters is 1. The fourth-order valence-corrected chi connectivity index (χ4v) is 3.75. The molecule has 0 unspecified atom stereocenters. The summed E-state index contributed by atoms with van der Waals surface area (Å²) in [5.41, 5.74) is -1.04. The van der Waals surface area contributed by atoms with E-state index >= 15 is 0 Å². The molecule has 0 radical (unpaired) electrons. The summed E-state index contributed by atoms with van der Waals surface area (Å²) < 4.78 is 36.5. The maximum atomic E-state index is 13.1. The molecule has 2 rings (SSSR count). The highest BCUT2D eigenvalue weighted by Gasteiger charge is 2.31. The summed E-state index contributed by atoms with van der Waals surface area (Å²) in [5.74, 6) is -0.992. The van der Waals surface area contributed by atoms with Crippen LogP contribution in [0.25, 0.3) is 0 Å². The molecule has 0 atom stereocenters. The van der Waals surface area contributed by atoms with Gasteiger partial charge in [0.25, 0.3) is 21.4 Å². The number of rotatable bonds is 8. The molecule has 0 amide bonds. The Balaban J connectivity index is 2.67. The number of non-ortho nitro benzene ring substituents is 2. The molecule has 0 aliphatic carbocycles. The molecule has 0 aliphatic heterocycles. The lowest BCUT2D eigenvalue weighted by atomic mass is 10.2. The van der Waals surface area contributed by atoms with Crippen molar-refractivity contribution >= 4 is 33.1 Å². The number of benzene rings is 2. The zero-order chi connectivity index (χ0) is 21.8. The van der Waals surface area contributed by atoms with E-state index in [0.717, 1.165) is 43.5 Å². The molecule has 0 saturated heterocycles. The molecule has 0 spiro atoms. The van der Waals surface area contributed by atoms with Crippen LogP contribution < -0.4 is 9.04 Å². The fourth-order valence-electron chi connectivity index (χ4n) is 2.34. The number of hydrogen-bond acceptors (Lipinski definition) is 9. The number of ether oxygens (including phenoxy) is 2. The second kappa shape index (κ2) is 8.52. The standard InChI is InChI=1S/C16H15N3O9S/c1-27-15-8-5-12(19(23)24)9-14(15)17(10-16(20)28-2)29(25,26)13-6-3-11(4-7-13)18(21)22/h3-9H,10H2,1-2H3. The van der Waals surface area contributed by atoms with Gasteiger partial charge in [-0.05, 0) is 18.2 Å². The minimum Gasteiger partial charge on any atom is -0.495 e. The lowest BCUT2D eigenvalue weighted by Crippen LogP contribution is -2.36. The van der Waals surface area contributed by atoms with Gasteiger partial charge in [0.2, 0.25) is 0 Å². The van der Waals surface area contributed by atoms with E-state index in [9.17, 15) is 33.4 Å². The van der Waals surface area contributed by atoms with Crippen molar-refractivity contribution in [2.24, 2.45) is 0 Å². The number of hydrogen-bond donors (Lipinski definition) is 0. The number of nitro groups is 2. The summed E-state index contributed by atoms with van der Waals surface area (Å²) in [6.07, 6.45) is 0. The molecule has 12 nitrogen and oxygen atoms in total. The van der Waals surface area contributed by atoms with E-state index in [1.807, 2.05) is 0 Å². The predicted molar refractivity (Wildman–Crippen MR) is 99.3 cm³/mol. The Kier molecular flexibility index (Phi) is 6.33. The van der Waals surface area contributed by atoms with E-state index in [1.54, 1.807) is 0 Å². The van der Waals surface area contributed by atoms with Crippen LogP contribution in [-0.4, -0.2) is 45.0 Å². The highest BCUT2D eigenvalue weighted by atomic mass is 32.2. The Morgan fingerprint density at radius 1 is 1.00 bits per heavy atom. The van der Waals surface area contributed by atoms with Crippen molar-refractivity contribution in [1.82, 2.24) is 0 Å². The van der Waals surface area contributed by atoms with Gasteiger partial charge in [-0.1, -0.05) is 0 Å². The average Bonchev–Trinajstić information content (AvgIpc) is 2.71. The summed E-state index contributed by atoms with van der Waals surface area (Å²) in [4.78, 5) is 31.9. The van der Waals surface area contributed by atoms with Gasteiger partial charge < -0.3 is 9.47 Å². The largest absolute Gasteiger partial charge is 0.495 e. The normalized spacial score (nSPS) is 10.8. The van der Waals surface area contributed by atoms with Crippen LogP contribution in [0.2, 0.25) is 0 Å². The van der Waals surface area contributed by atoms with Gasteiger partial charge in [-0.2, -0.15) is 0 Å². The Morgan fingerprint density at radius 3 is 2.03 bits per heavy atom.